The Morgan fingerprint density at radius 1 is 1.25 bits per heavy atom. The number of hydrogen-bond acceptors (Lipinski definition) is 6. The predicted octanol–water partition coefficient (Wildman–Crippen LogP) is 4.62. The number of nitrogens with one attached hydrogen (secondary N) is 1. The molecule has 0 spiro atoms. The van der Waals surface area contributed by atoms with Gasteiger partial charge in [0.15, 0.2) is 0 Å². The fourth-order valence-corrected chi connectivity index (χ4v) is 3.50. The van der Waals surface area contributed by atoms with Crippen LogP contribution in [0, 0.1) is 6.92 Å². The van der Waals surface area contributed by atoms with Gasteiger partial charge in [-0.2, -0.15) is 11.3 Å². The lowest BCUT2D eigenvalue weighted by Crippen LogP contribution is -2.11. The van der Waals surface area contributed by atoms with Crippen molar-refractivity contribution in [2.24, 2.45) is 0 Å². The van der Waals surface area contributed by atoms with E-state index in [2.05, 4.69) is 46.7 Å². The summed E-state index contributed by atoms with van der Waals surface area (Å²) in [5, 5.41) is 14.3. The first-order valence-electron chi connectivity index (χ1n) is 7.56. The highest BCUT2D eigenvalue weighted by Gasteiger charge is 2.11. The molecule has 0 aliphatic rings. The molecule has 3 rings (SSSR count). The van der Waals surface area contributed by atoms with Crippen molar-refractivity contribution >= 4 is 35.0 Å². The number of thiophene rings is 1. The standard InChI is InChI=1S/C17H17N3O2S2/c1-12-4-6-14(7-5-12)24-9-2-3-15(21)18-17-20-19-16(22-17)13-8-10-23-11-13/h4-8,10-11H,2-3,9H2,1H3,(H,18,20,21). The van der Waals surface area contributed by atoms with E-state index in [1.165, 1.54) is 10.5 Å². The molecule has 0 aliphatic heterocycles. The van der Waals surface area contributed by atoms with Gasteiger partial charge in [-0.25, -0.2) is 0 Å². The van der Waals surface area contributed by atoms with Gasteiger partial charge in [-0.05, 0) is 42.7 Å². The molecule has 0 saturated carbocycles. The molecule has 3 aromatic rings. The zero-order chi connectivity index (χ0) is 16.8. The van der Waals surface area contributed by atoms with Gasteiger partial charge in [0.1, 0.15) is 0 Å². The summed E-state index contributed by atoms with van der Waals surface area (Å²) >= 11 is 3.30. The maximum Gasteiger partial charge on any atom is 0.322 e. The van der Waals surface area contributed by atoms with E-state index in [9.17, 15) is 4.79 Å². The minimum Gasteiger partial charge on any atom is -0.403 e. The minimum absolute atomic E-state index is 0.111. The Bertz CT molecular complexity index is 783. The fraction of sp³-hybridized carbons (Fsp3) is 0.235. The van der Waals surface area contributed by atoms with E-state index < -0.39 is 0 Å². The first-order valence-corrected chi connectivity index (χ1v) is 9.49. The van der Waals surface area contributed by atoms with Crippen molar-refractivity contribution in [2.45, 2.75) is 24.7 Å². The molecule has 0 fully saturated rings. The Kier molecular flexibility index (Phi) is 5.66. The summed E-state index contributed by atoms with van der Waals surface area (Å²) < 4.78 is 5.43. The fourth-order valence-electron chi connectivity index (χ4n) is 2.02. The van der Waals surface area contributed by atoms with E-state index in [1.807, 2.05) is 16.8 Å². The number of thioether (sulfide) groups is 1. The van der Waals surface area contributed by atoms with Crippen LogP contribution in [-0.2, 0) is 4.79 Å². The van der Waals surface area contributed by atoms with Gasteiger partial charge < -0.3 is 4.42 Å². The highest BCUT2D eigenvalue weighted by molar-refractivity contribution is 7.99. The van der Waals surface area contributed by atoms with Gasteiger partial charge in [-0.3, -0.25) is 10.1 Å². The Morgan fingerprint density at radius 3 is 2.83 bits per heavy atom. The number of benzene rings is 1. The number of carbonyl (C=O) groups excluding carboxylic acids is 1. The summed E-state index contributed by atoms with van der Waals surface area (Å²) in [7, 11) is 0. The summed E-state index contributed by atoms with van der Waals surface area (Å²) in [5.74, 6) is 1.20. The summed E-state index contributed by atoms with van der Waals surface area (Å²) in [6, 6.07) is 10.4. The van der Waals surface area contributed by atoms with Gasteiger partial charge in [-0.15, -0.1) is 16.9 Å². The zero-order valence-electron chi connectivity index (χ0n) is 13.2. The average Bonchev–Trinajstić information content (AvgIpc) is 3.24. The van der Waals surface area contributed by atoms with Crippen molar-refractivity contribution in [3.05, 3.63) is 46.7 Å². The highest BCUT2D eigenvalue weighted by Crippen LogP contribution is 2.22. The lowest BCUT2D eigenvalue weighted by molar-refractivity contribution is -0.116. The van der Waals surface area contributed by atoms with Crippen LogP contribution >= 0.6 is 23.1 Å². The molecule has 0 radical (unpaired) electrons. The first-order chi connectivity index (χ1) is 11.7. The normalized spacial score (nSPS) is 10.7. The van der Waals surface area contributed by atoms with Gasteiger partial charge in [0, 0.05) is 22.3 Å². The van der Waals surface area contributed by atoms with Crippen molar-refractivity contribution in [3.8, 4) is 11.5 Å². The molecule has 124 valence electrons. The highest BCUT2D eigenvalue weighted by atomic mass is 32.2. The van der Waals surface area contributed by atoms with Crippen LogP contribution in [0.1, 0.15) is 18.4 Å². The van der Waals surface area contributed by atoms with Crippen LogP contribution < -0.4 is 5.32 Å². The molecule has 1 N–H and O–H groups in total. The summed E-state index contributed by atoms with van der Waals surface area (Å²) in [6.07, 6.45) is 1.21. The Labute approximate surface area is 148 Å². The van der Waals surface area contributed by atoms with E-state index in [4.69, 9.17) is 4.42 Å². The molecule has 2 heterocycles. The van der Waals surface area contributed by atoms with Gasteiger partial charge in [0.05, 0.1) is 0 Å². The Morgan fingerprint density at radius 2 is 2.08 bits per heavy atom. The zero-order valence-corrected chi connectivity index (χ0v) is 14.8. The molecule has 0 unspecified atom stereocenters. The third-order valence-electron chi connectivity index (χ3n) is 3.28. The van der Waals surface area contributed by atoms with E-state index >= 15 is 0 Å². The molecule has 0 aliphatic carbocycles. The van der Waals surface area contributed by atoms with Gasteiger partial charge in [-0.1, -0.05) is 22.8 Å². The SMILES string of the molecule is Cc1ccc(SCCCC(=O)Nc2nnc(-c3ccsc3)o2)cc1. The third-order valence-corrected chi connectivity index (χ3v) is 5.06. The number of aromatic nitrogens is 2. The van der Waals surface area contributed by atoms with E-state index in [-0.39, 0.29) is 11.9 Å². The van der Waals surface area contributed by atoms with Gasteiger partial charge in [0.2, 0.25) is 5.91 Å². The van der Waals surface area contributed by atoms with Crippen molar-refractivity contribution < 1.29 is 9.21 Å². The molecular weight excluding hydrogens is 342 g/mol. The first kappa shape index (κ1) is 16.7. The van der Waals surface area contributed by atoms with Crippen LogP contribution in [0.3, 0.4) is 0 Å². The van der Waals surface area contributed by atoms with Crippen molar-refractivity contribution in [2.75, 3.05) is 11.1 Å². The molecule has 24 heavy (non-hydrogen) atoms. The number of aryl methyl sites for hydroxylation is 1. The van der Waals surface area contributed by atoms with Crippen LogP contribution in [0.25, 0.3) is 11.5 Å². The molecule has 2 aromatic heterocycles. The number of rotatable bonds is 7. The van der Waals surface area contributed by atoms with Gasteiger partial charge in [0.25, 0.3) is 5.89 Å². The van der Waals surface area contributed by atoms with E-state index in [0.29, 0.717) is 12.3 Å². The number of hydrogen-bond donors (Lipinski definition) is 1. The molecule has 5 nitrogen and oxygen atoms in total. The van der Waals surface area contributed by atoms with E-state index in [1.54, 1.807) is 23.1 Å². The number of nitrogens with zero attached hydrogens (tertiary/aromatic N) is 2. The quantitative estimate of drug-likeness (QED) is 0.492. The summed E-state index contributed by atoms with van der Waals surface area (Å²) in [5.41, 5.74) is 2.11. The maximum atomic E-state index is 11.9. The predicted molar refractivity (Wildman–Crippen MR) is 97.4 cm³/mol. The second-order valence-corrected chi connectivity index (χ2v) is 7.19. The Balaban J connectivity index is 1.40. The van der Waals surface area contributed by atoms with Crippen LogP contribution in [0.2, 0.25) is 0 Å². The second kappa shape index (κ2) is 8.12. The van der Waals surface area contributed by atoms with Crippen molar-refractivity contribution in [1.29, 1.82) is 0 Å². The number of anilines is 1. The van der Waals surface area contributed by atoms with Crippen LogP contribution in [0.4, 0.5) is 6.01 Å². The molecular formula is C17H17N3O2S2. The molecule has 1 aromatic carbocycles. The lowest BCUT2D eigenvalue weighted by atomic mass is 10.2. The molecule has 0 saturated heterocycles. The number of carbonyl (C=O) groups is 1. The summed E-state index contributed by atoms with van der Waals surface area (Å²) in [6.45, 7) is 2.07. The number of amides is 1. The second-order valence-electron chi connectivity index (χ2n) is 5.24. The topological polar surface area (TPSA) is 68.0 Å². The molecule has 7 heteroatoms. The maximum absolute atomic E-state index is 11.9. The van der Waals surface area contributed by atoms with E-state index in [0.717, 1.165) is 17.7 Å². The lowest BCUT2D eigenvalue weighted by Gasteiger charge is -2.02. The summed E-state index contributed by atoms with van der Waals surface area (Å²) in [4.78, 5) is 13.1. The van der Waals surface area contributed by atoms with Crippen LogP contribution in [-0.4, -0.2) is 21.9 Å². The monoisotopic (exact) mass is 359 g/mol. The largest absolute Gasteiger partial charge is 0.403 e. The van der Waals surface area contributed by atoms with Crippen LogP contribution in [0.5, 0.6) is 0 Å². The molecule has 0 atom stereocenters. The minimum atomic E-state index is -0.111. The molecule has 0 bridgehead atoms. The smallest absolute Gasteiger partial charge is 0.322 e. The average molecular weight is 359 g/mol. The van der Waals surface area contributed by atoms with Crippen molar-refractivity contribution in [3.63, 3.8) is 0 Å². The van der Waals surface area contributed by atoms with Crippen molar-refractivity contribution in [1.82, 2.24) is 10.2 Å². The Hall–Kier alpha value is -2.12. The molecule has 1 amide bonds. The van der Waals surface area contributed by atoms with Crippen LogP contribution in [0.15, 0.2) is 50.4 Å². The van der Waals surface area contributed by atoms with Gasteiger partial charge >= 0.3 is 6.01 Å². The third kappa shape index (κ3) is 4.69.